The van der Waals surface area contributed by atoms with Crippen LogP contribution in [0, 0.1) is 0 Å². The van der Waals surface area contributed by atoms with Crippen LogP contribution in [0.15, 0.2) is 23.1 Å². The lowest BCUT2D eigenvalue weighted by atomic mass is 10.3. The standard InChI is InChI=1S/C9H10N2OS/c1-6(2)11-9(12)7-4-3-5-10-8(7)13-11/h3-6H,1-2H3. The molecule has 4 heteroatoms. The van der Waals surface area contributed by atoms with Crippen molar-refractivity contribution < 1.29 is 0 Å². The first kappa shape index (κ1) is 8.44. The quantitative estimate of drug-likeness (QED) is 0.696. The van der Waals surface area contributed by atoms with E-state index in [9.17, 15) is 4.79 Å². The van der Waals surface area contributed by atoms with Crippen LogP contribution in [0.5, 0.6) is 0 Å². The van der Waals surface area contributed by atoms with Gasteiger partial charge in [0, 0.05) is 12.2 Å². The zero-order chi connectivity index (χ0) is 9.42. The van der Waals surface area contributed by atoms with Crippen molar-refractivity contribution in [2.24, 2.45) is 0 Å². The lowest BCUT2D eigenvalue weighted by molar-refractivity contribution is 0.636. The largest absolute Gasteiger partial charge is 0.270 e. The molecule has 68 valence electrons. The predicted octanol–water partition coefficient (Wildman–Crippen LogP) is 2.04. The zero-order valence-electron chi connectivity index (χ0n) is 7.52. The van der Waals surface area contributed by atoms with Crippen LogP contribution in [0.4, 0.5) is 0 Å². The van der Waals surface area contributed by atoms with Gasteiger partial charge >= 0.3 is 0 Å². The molecule has 0 saturated carbocycles. The van der Waals surface area contributed by atoms with Crippen molar-refractivity contribution in [2.45, 2.75) is 19.9 Å². The Kier molecular flexibility index (Phi) is 1.92. The fourth-order valence-electron chi connectivity index (χ4n) is 1.22. The van der Waals surface area contributed by atoms with Crippen molar-refractivity contribution in [3.63, 3.8) is 0 Å². The Morgan fingerprint density at radius 3 is 2.92 bits per heavy atom. The van der Waals surface area contributed by atoms with Crippen molar-refractivity contribution in [3.8, 4) is 0 Å². The van der Waals surface area contributed by atoms with Crippen molar-refractivity contribution in [1.29, 1.82) is 0 Å². The van der Waals surface area contributed by atoms with Gasteiger partial charge in [0.05, 0.1) is 5.39 Å². The number of nitrogens with zero attached hydrogens (tertiary/aromatic N) is 2. The summed E-state index contributed by atoms with van der Waals surface area (Å²) in [5, 5.41) is 0.723. The molecule has 2 heterocycles. The number of hydrogen-bond donors (Lipinski definition) is 0. The Bertz CT molecular complexity index is 484. The highest BCUT2D eigenvalue weighted by molar-refractivity contribution is 7.13. The average molecular weight is 194 g/mol. The smallest absolute Gasteiger partial charge is 0.268 e. The van der Waals surface area contributed by atoms with E-state index in [0.717, 1.165) is 10.2 Å². The molecule has 0 saturated heterocycles. The highest BCUT2D eigenvalue weighted by atomic mass is 32.1. The zero-order valence-corrected chi connectivity index (χ0v) is 8.34. The van der Waals surface area contributed by atoms with Crippen molar-refractivity contribution >= 4 is 21.7 Å². The molecule has 13 heavy (non-hydrogen) atoms. The molecular formula is C9H10N2OS. The summed E-state index contributed by atoms with van der Waals surface area (Å²) in [6, 6.07) is 3.83. The van der Waals surface area contributed by atoms with Crippen LogP contribution in [-0.4, -0.2) is 8.94 Å². The number of fused-ring (bicyclic) bond motifs is 1. The molecule has 0 spiro atoms. The van der Waals surface area contributed by atoms with Crippen LogP contribution in [-0.2, 0) is 0 Å². The fourth-order valence-corrected chi connectivity index (χ4v) is 2.16. The van der Waals surface area contributed by atoms with Crippen LogP contribution in [0.2, 0.25) is 0 Å². The molecule has 0 aromatic carbocycles. The molecule has 0 aliphatic heterocycles. The Morgan fingerprint density at radius 2 is 2.31 bits per heavy atom. The van der Waals surface area contributed by atoms with Crippen LogP contribution in [0.1, 0.15) is 19.9 Å². The summed E-state index contributed by atoms with van der Waals surface area (Å²) >= 11 is 1.43. The van der Waals surface area contributed by atoms with Crippen LogP contribution in [0.25, 0.3) is 10.2 Å². The first-order chi connectivity index (χ1) is 6.20. The number of hydrogen-bond acceptors (Lipinski definition) is 3. The Balaban J connectivity index is 2.82. The van der Waals surface area contributed by atoms with E-state index in [1.807, 2.05) is 19.9 Å². The third kappa shape index (κ3) is 1.27. The maximum Gasteiger partial charge on any atom is 0.270 e. The Morgan fingerprint density at radius 1 is 1.54 bits per heavy atom. The second-order valence-corrected chi connectivity index (χ2v) is 4.13. The lowest BCUT2D eigenvalue weighted by Crippen LogP contribution is -2.14. The second-order valence-electron chi connectivity index (χ2n) is 3.17. The fraction of sp³-hybridized carbons (Fsp3) is 0.333. The molecule has 0 aliphatic carbocycles. The van der Waals surface area contributed by atoms with Crippen LogP contribution in [0.3, 0.4) is 0 Å². The van der Waals surface area contributed by atoms with Gasteiger partial charge in [-0.25, -0.2) is 4.98 Å². The Labute approximate surface area is 79.8 Å². The van der Waals surface area contributed by atoms with Gasteiger partial charge in [-0.2, -0.15) is 0 Å². The summed E-state index contributed by atoms with van der Waals surface area (Å²) in [5.41, 5.74) is 0.0723. The molecule has 0 amide bonds. The normalized spacial score (nSPS) is 11.3. The van der Waals surface area contributed by atoms with Crippen molar-refractivity contribution in [1.82, 2.24) is 8.94 Å². The molecule has 0 N–H and O–H groups in total. The molecule has 0 unspecified atom stereocenters. The minimum Gasteiger partial charge on any atom is -0.268 e. The van der Waals surface area contributed by atoms with Crippen molar-refractivity contribution in [3.05, 3.63) is 28.7 Å². The SMILES string of the molecule is CC(C)n1sc2ncccc2c1=O. The van der Waals surface area contributed by atoms with E-state index >= 15 is 0 Å². The summed E-state index contributed by atoms with van der Waals surface area (Å²) in [6.07, 6.45) is 1.71. The first-order valence-electron chi connectivity index (χ1n) is 4.16. The minimum absolute atomic E-state index is 0.0723. The Hall–Kier alpha value is -1.16. The molecule has 2 aromatic rings. The highest BCUT2D eigenvalue weighted by Crippen LogP contribution is 2.16. The third-order valence-corrected chi connectivity index (χ3v) is 3.14. The molecule has 2 aromatic heterocycles. The molecule has 3 nitrogen and oxygen atoms in total. The van der Waals surface area contributed by atoms with Crippen molar-refractivity contribution in [2.75, 3.05) is 0 Å². The van der Waals surface area contributed by atoms with Gasteiger partial charge in [-0.1, -0.05) is 0 Å². The van der Waals surface area contributed by atoms with Gasteiger partial charge in [0.25, 0.3) is 5.56 Å². The second kappa shape index (κ2) is 2.96. The number of aromatic nitrogens is 2. The van der Waals surface area contributed by atoms with E-state index in [1.165, 1.54) is 11.5 Å². The van der Waals surface area contributed by atoms with Gasteiger partial charge in [-0.15, -0.1) is 0 Å². The molecule has 0 bridgehead atoms. The van der Waals surface area contributed by atoms with E-state index in [2.05, 4.69) is 4.98 Å². The minimum atomic E-state index is 0.0723. The summed E-state index contributed by atoms with van der Waals surface area (Å²) in [4.78, 5) is 16.7. The molecule has 2 rings (SSSR count). The van der Waals surface area contributed by atoms with E-state index in [4.69, 9.17) is 0 Å². The van der Waals surface area contributed by atoms with Gasteiger partial charge in [0.15, 0.2) is 0 Å². The maximum absolute atomic E-state index is 11.7. The van der Waals surface area contributed by atoms with Gasteiger partial charge < -0.3 is 0 Å². The van der Waals surface area contributed by atoms with Gasteiger partial charge in [-0.3, -0.25) is 8.75 Å². The van der Waals surface area contributed by atoms with E-state index < -0.39 is 0 Å². The van der Waals surface area contributed by atoms with Gasteiger partial charge in [0.2, 0.25) is 0 Å². The summed E-state index contributed by atoms with van der Waals surface area (Å²) in [7, 11) is 0. The molecule has 0 radical (unpaired) electrons. The topological polar surface area (TPSA) is 34.9 Å². The maximum atomic E-state index is 11.7. The third-order valence-electron chi connectivity index (χ3n) is 1.86. The lowest BCUT2D eigenvalue weighted by Gasteiger charge is -2.01. The summed E-state index contributed by atoms with van der Waals surface area (Å²) in [5.74, 6) is 0. The van der Waals surface area contributed by atoms with Crippen LogP contribution < -0.4 is 5.56 Å². The number of pyridine rings is 1. The van der Waals surface area contributed by atoms with Gasteiger partial charge in [-0.05, 0) is 37.5 Å². The average Bonchev–Trinajstić information content (AvgIpc) is 2.45. The van der Waals surface area contributed by atoms with Gasteiger partial charge in [0.1, 0.15) is 4.83 Å². The molecule has 0 fully saturated rings. The molecule has 0 aliphatic rings. The molecular weight excluding hydrogens is 184 g/mol. The van der Waals surface area contributed by atoms with E-state index in [1.54, 1.807) is 16.2 Å². The van der Waals surface area contributed by atoms with E-state index in [-0.39, 0.29) is 11.6 Å². The summed E-state index contributed by atoms with van der Waals surface area (Å²) in [6.45, 7) is 3.99. The predicted molar refractivity (Wildman–Crippen MR) is 54.3 cm³/mol. The first-order valence-corrected chi connectivity index (χ1v) is 4.94. The van der Waals surface area contributed by atoms with E-state index in [0.29, 0.717) is 0 Å². The molecule has 0 atom stereocenters. The summed E-state index contributed by atoms with van der Waals surface area (Å²) < 4.78 is 1.75. The monoisotopic (exact) mass is 194 g/mol. The highest BCUT2D eigenvalue weighted by Gasteiger charge is 2.09. The number of rotatable bonds is 1. The van der Waals surface area contributed by atoms with Crippen LogP contribution >= 0.6 is 11.5 Å².